The highest BCUT2D eigenvalue weighted by atomic mass is 19.4. The second-order valence-corrected chi connectivity index (χ2v) is 6.80. The molecule has 0 aliphatic heterocycles. The van der Waals surface area contributed by atoms with Crippen molar-refractivity contribution in [2.45, 2.75) is 38.4 Å². The Hall–Kier alpha value is -2.84. The third-order valence-corrected chi connectivity index (χ3v) is 4.96. The van der Waals surface area contributed by atoms with E-state index in [9.17, 15) is 18.0 Å². The van der Waals surface area contributed by atoms with Crippen LogP contribution in [-0.4, -0.2) is 25.7 Å². The number of hydrogen-bond acceptors (Lipinski definition) is 3. The van der Waals surface area contributed by atoms with Crippen molar-refractivity contribution >= 4 is 16.9 Å². The van der Waals surface area contributed by atoms with E-state index in [2.05, 4.69) is 20.4 Å². The molecule has 6 nitrogen and oxygen atoms in total. The van der Waals surface area contributed by atoms with Crippen molar-refractivity contribution in [2.75, 3.05) is 0 Å². The molecule has 9 heteroatoms. The number of aromatic nitrogens is 4. The van der Waals surface area contributed by atoms with Crippen LogP contribution in [0.25, 0.3) is 11.0 Å². The van der Waals surface area contributed by atoms with Crippen LogP contribution < -0.4 is 5.32 Å². The molecule has 1 atom stereocenters. The summed E-state index contributed by atoms with van der Waals surface area (Å²) in [4.78, 5) is 18.4. The summed E-state index contributed by atoms with van der Waals surface area (Å²) in [7, 11) is 1.89. The Morgan fingerprint density at radius 1 is 1.37 bits per heavy atom. The minimum atomic E-state index is -4.56. The number of aryl methyl sites for hydroxylation is 2. The highest BCUT2D eigenvalue weighted by molar-refractivity contribution is 5.97. The van der Waals surface area contributed by atoms with Crippen LogP contribution in [0.5, 0.6) is 0 Å². The SMILES string of the molecule is Cc1nn(C)c2c1C(NC(=O)c1ccc3nc(C(F)(F)F)[nH]c3c1)CCC2. The van der Waals surface area contributed by atoms with Gasteiger partial charge in [0.2, 0.25) is 5.82 Å². The lowest BCUT2D eigenvalue weighted by atomic mass is 9.90. The van der Waals surface area contributed by atoms with Crippen LogP contribution in [0.1, 0.15) is 52.0 Å². The fourth-order valence-corrected chi connectivity index (χ4v) is 3.76. The molecule has 1 aliphatic rings. The van der Waals surface area contributed by atoms with E-state index in [1.807, 2.05) is 18.7 Å². The van der Waals surface area contributed by atoms with Gasteiger partial charge < -0.3 is 10.3 Å². The highest BCUT2D eigenvalue weighted by Crippen LogP contribution is 2.32. The molecule has 0 fully saturated rings. The average molecular weight is 377 g/mol. The number of nitrogens with one attached hydrogen (secondary N) is 2. The number of amides is 1. The van der Waals surface area contributed by atoms with Gasteiger partial charge in [0.25, 0.3) is 5.91 Å². The zero-order valence-electron chi connectivity index (χ0n) is 14.8. The monoisotopic (exact) mass is 377 g/mol. The van der Waals surface area contributed by atoms with Crippen molar-refractivity contribution in [3.8, 4) is 0 Å². The lowest BCUT2D eigenvalue weighted by molar-refractivity contribution is -0.144. The molecule has 2 heterocycles. The second-order valence-electron chi connectivity index (χ2n) is 6.80. The van der Waals surface area contributed by atoms with E-state index >= 15 is 0 Å². The number of benzene rings is 1. The molecule has 1 unspecified atom stereocenters. The Morgan fingerprint density at radius 3 is 2.89 bits per heavy atom. The molecule has 0 saturated heterocycles. The maximum atomic E-state index is 12.8. The minimum absolute atomic E-state index is 0.154. The van der Waals surface area contributed by atoms with Crippen LogP contribution in [-0.2, 0) is 19.6 Å². The number of nitrogens with zero attached hydrogens (tertiary/aromatic N) is 3. The van der Waals surface area contributed by atoms with E-state index in [1.54, 1.807) is 0 Å². The summed E-state index contributed by atoms with van der Waals surface area (Å²) < 4.78 is 40.2. The zero-order chi connectivity index (χ0) is 19.3. The summed E-state index contributed by atoms with van der Waals surface area (Å²) in [5.74, 6) is -1.40. The Balaban J connectivity index is 1.61. The van der Waals surface area contributed by atoms with E-state index in [4.69, 9.17) is 0 Å². The number of aromatic amines is 1. The first-order chi connectivity index (χ1) is 12.7. The van der Waals surface area contributed by atoms with Crippen molar-refractivity contribution in [1.82, 2.24) is 25.1 Å². The number of hydrogen-bond donors (Lipinski definition) is 2. The molecular formula is C18H18F3N5O. The van der Waals surface area contributed by atoms with Gasteiger partial charge in [-0.2, -0.15) is 18.3 Å². The van der Waals surface area contributed by atoms with Crippen molar-refractivity contribution in [1.29, 1.82) is 0 Å². The van der Waals surface area contributed by atoms with Crippen molar-refractivity contribution in [3.63, 3.8) is 0 Å². The van der Waals surface area contributed by atoms with Gasteiger partial charge in [0, 0.05) is 23.9 Å². The predicted octanol–water partition coefficient (Wildman–Crippen LogP) is 3.43. The van der Waals surface area contributed by atoms with Crippen LogP contribution in [0.4, 0.5) is 13.2 Å². The second kappa shape index (κ2) is 6.11. The van der Waals surface area contributed by atoms with E-state index in [1.165, 1.54) is 18.2 Å². The van der Waals surface area contributed by atoms with Crippen LogP contribution in [0.2, 0.25) is 0 Å². The molecule has 2 aromatic heterocycles. The number of H-pyrrole nitrogens is 1. The third-order valence-electron chi connectivity index (χ3n) is 4.96. The number of rotatable bonds is 2. The van der Waals surface area contributed by atoms with E-state index in [-0.39, 0.29) is 28.5 Å². The number of imidazole rings is 1. The highest BCUT2D eigenvalue weighted by Gasteiger charge is 2.35. The van der Waals surface area contributed by atoms with Gasteiger partial charge in [-0.1, -0.05) is 0 Å². The van der Waals surface area contributed by atoms with Gasteiger partial charge in [0.05, 0.1) is 22.8 Å². The van der Waals surface area contributed by atoms with Gasteiger partial charge in [0.1, 0.15) is 0 Å². The summed E-state index contributed by atoms with van der Waals surface area (Å²) in [5.41, 5.74) is 3.67. The summed E-state index contributed by atoms with van der Waals surface area (Å²) in [6.45, 7) is 1.92. The van der Waals surface area contributed by atoms with Gasteiger partial charge in [-0.15, -0.1) is 0 Å². The molecule has 0 spiro atoms. The normalized spacial score (nSPS) is 17.1. The summed E-state index contributed by atoms with van der Waals surface area (Å²) in [6.07, 6.45) is -1.90. The van der Waals surface area contributed by atoms with E-state index < -0.39 is 12.0 Å². The Labute approximate surface area is 152 Å². The predicted molar refractivity (Wildman–Crippen MR) is 92.2 cm³/mol. The molecule has 142 valence electrons. The standard InChI is InChI=1S/C18H18F3N5O/c1-9-15-12(4-3-5-14(15)26(2)25-9)22-16(27)10-6-7-11-13(8-10)24-17(23-11)18(19,20)21/h6-8,12H,3-5H2,1-2H3,(H,22,27)(H,23,24). The molecule has 4 rings (SSSR count). The lowest BCUT2D eigenvalue weighted by Crippen LogP contribution is -2.31. The van der Waals surface area contributed by atoms with Crippen molar-refractivity contribution in [2.24, 2.45) is 7.05 Å². The molecule has 1 aromatic carbocycles. The van der Waals surface area contributed by atoms with Gasteiger partial charge >= 0.3 is 6.18 Å². The molecule has 0 saturated carbocycles. The zero-order valence-corrected chi connectivity index (χ0v) is 14.8. The summed E-state index contributed by atoms with van der Waals surface area (Å²) >= 11 is 0. The maximum absolute atomic E-state index is 12.8. The molecule has 2 N–H and O–H groups in total. The number of carbonyl (C=O) groups is 1. The molecule has 1 aliphatic carbocycles. The topological polar surface area (TPSA) is 75.6 Å². The van der Waals surface area contributed by atoms with E-state index in [0.29, 0.717) is 0 Å². The van der Waals surface area contributed by atoms with Crippen molar-refractivity contribution in [3.05, 3.63) is 46.5 Å². The number of halogens is 3. The first-order valence-corrected chi connectivity index (χ1v) is 8.64. The third kappa shape index (κ3) is 3.07. The smallest absolute Gasteiger partial charge is 0.345 e. The van der Waals surface area contributed by atoms with Crippen LogP contribution in [0, 0.1) is 6.92 Å². The number of alkyl halides is 3. The lowest BCUT2D eigenvalue weighted by Gasteiger charge is -2.24. The van der Waals surface area contributed by atoms with Gasteiger partial charge in [-0.05, 0) is 44.4 Å². The minimum Gasteiger partial charge on any atom is -0.345 e. The molecule has 3 aromatic rings. The molecule has 27 heavy (non-hydrogen) atoms. The average Bonchev–Trinajstić information content (AvgIpc) is 3.16. The van der Waals surface area contributed by atoms with Crippen LogP contribution in [0.15, 0.2) is 18.2 Å². The van der Waals surface area contributed by atoms with Crippen LogP contribution >= 0.6 is 0 Å². The molecule has 0 radical (unpaired) electrons. The number of carbonyl (C=O) groups excluding carboxylic acids is 1. The van der Waals surface area contributed by atoms with Crippen molar-refractivity contribution < 1.29 is 18.0 Å². The fourth-order valence-electron chi connectivity index (χ4n) is 3.76. The van der Waals surface area contributed by atoms with Gasteiger partial charge in [-0.25, -0.2) is 4.98 Å². The number of fused-ring (bicyclic) bond motifs is 2. The molecule has 1 amide bonds. The molecule has 0 bridgehead atoms. The summed E-state index contributed by atoms with van der Waals surface area (Å²) in [5, 5.41) is 7.43. The molecular weight excluding hydrogens is 359 g/mol. The van der Waals surface area contributed by atoms with E-state index in [0.717, 1.165) is 36.2 Å². The first kappa shape index (κ1) is 17.6. The summed E-state index contributed by atoms with van der Waals surface area (Å²) in [6, 6.07) is 4.14. The Bertz CT molecular complexity index is 1030. The Morgan fingerprint density at radius 2 is 2.15 bits per heavy atom. The fraction of sp³-hybridized carbons (Fsp3) is 0.389. The first-order valence-electron chi connectivity index (χ1n) is 8.64. The maximum Gasteiger partial charge on any atom is 0.449 e. The largest absolute Gasteiger partial charge is 0.449 e. The Kier molecular flexibility index (Phi) is 3.97. The quantitative estimate of drug-likeness (QED) is 0.718. The van der Waals surface area contributed by atoms with Crippen LogP contribution in [0.3, 0.4) is 0 Å². The van der Waals surface area contributed by atoms with Gasteiger partial charge in [-0.3, -0.25) is 9.48 Å². The van der Waals surface area contributed by atoms with Gasteiger partial charge in [0.15, 0.2) is 0 Å².